The number of hydrogen-bond donors (Lipinski definition) is 1. The molecule has 2 heterocycles. The fraction of sp³-hybridized carbons (Fsp3) is 0.278. The Morgan fingerprint density at radius 3 is 3.00 bits per heavy atom. The van der Waals surface area contributed by atoms with E-state index in [1.165, 1.54) is 18.5 Å². The van der Waals surface area contributed by atoms with Crippen LogP contribution in [0.4, 0.5) is 0 Å². The Kier molecular flexibility index (Phi) is 3.54. The van der Waals surface area contributed by atoms with Crippen molar-refractivity contribution in [2.24, 2.45) is 0 Å². The zero-order valence-corrected chi connectivity index (χ0v) is 12.6. The molecule has 1 aromatic carbocycles. The van der Waals surface area contributed by atoms with Crippen LogP contribution in [0.25, 0.3) is 10.9 Å². The maximum Gasteiger partial charge on any atom is 0.293 e. The molecule has 0 spiro atoms. The van der Waals surface area contributed by atoms with Gasteiger partial charge in [0.25, 0.3) is 6.47 Å². The van der Waals surface area contributed by atoms with Crippen LogP contribution < -0.4 is 0 Å². The van der Waals surface area contributed by atoms with Crippen LogP contribution in [-0.2, 0) is 16.0 Å². The number of fused-ring (bicyclic) bond motifs is 1. The van der Waals surface area contributed by atoms with E-state index in [2.05, 4.69) is 15.2 Å². The number of hydrogen-bond acceptors (Lipinski definition) is 4. The first-order chi connectivity index (χ1) is 11.4. The number of carbonyl (C=O) groups is 1. The molecule has 0 radical (unpaired) electrons. The van der Waals surface area contributed by atoms with Crippen molar-refractivity contribution in [1.29, 1.82) is 0 Å². The number of rotatable bonds is 6. The molecule has 1 saturated carbocycles. The second kappa shape index (κ2) is 5.83. The highest BCUT2D eigenvalue weighted by atomic mass is 16.5. The molecule has 4 rings (SSSR count). The van der Waals surface area contributed by atoms with E-state index >= 15 is 0 Å². The molecule has 5 nitrogen and oxygen atoms in total. The van der Waals surface area contributed by atoms with Crippen LogP contribution in [-0.4, -0.2) is 21.7 Å². The standard InChI is InChI=1S/C18H17N3O2/c22-11-23-16(9-14-10-20-21-17(14)13-6-7-13)15-5-1-3-12-4-2-8-19-18(12)15/h1-5,8,10-11,13,16H,6-7,9H2,(H,20,21). The van der Waals surface area contributed by atoms with Gasteiger partial charge in [-0.3, -0.25) is 14.9 Å². The first kappa shape index (κ1) is 13.9. The average molecular weight is 307 g/mol. The van der Waals surface area contributed by atoms with Gasteiger partial charge in [0, 0.05) is 35.2 Å². The number of aromatic amines is 1. The first-order valence-corrected chi connectivity index (χ1v) is 7.81. The van der Waals surface area contributed by atoms with Crippen LogP contribution in [0.15, 0.2) is 42.7 Å². The first-order valence-electron chi connectivity index (χ1n) is 7.81. The van der Waals surface area contributed by atoms with Gasteiger partial charge in [0.1, 0.15) is 6.10 Å². The van der Waals surface area contributed by atoms with Crippen molar-refractivity contribution in [1.82, 2.24) is 15.2 Å². The molecule has 0 aliphatic heterocycles. The number of pyridine rings is 1. The maximum atomic E-state index is 11.0. The summed E-state index contributed by atoms with van der Waals surface area (Å²) in [5, 5.41) is 8.30. The summed E-state index contributed by atoms with van der Waals surface area (Å²) in [6, 6.07) is 9.87. The summed E-state index contributed by atoms with van der Waals surface area (Å²) in [7, 11) is 0. The van der Waals surface area contributed by atoms with Crippen LogP contribution >= 0.6 is 0 Å². The number of nitrogens with one attached hydrogen (secondary N) is 1. The highest BCUT2D eigenvalue weighted by molar-refractivity contribution is 5.82. The maximum absolute atomic E-state index is 11.0. The average Bonchev–Trinajstić information content (AvgIpc) is 3.33. The van der Waals surface area contributed by atoms with Crippen LogP contribution in [0.2, 0.25) is 0 Å². The fourth-order valence-electron chi connectivity index (χ4n) is 3.10. The Morgan fingerprint density at radius 1 is 1.30 bits per heavy atom. The van der Waals surface area contributed by atoms with Gasteiger partial charge in [-0.15, -0.1) is 0 Å². The molecule has 1 atom stereocenters. The van der Waals surface area contributed by atoms with Crippen LogP contribution in [0.3, 0.4) is 0 Å². The normalized spacial score (nSPS) is 15.5. The molecule has 1 N–H and O–H groups in total. The highest BCUT2D eigenvalue weighted by Crippen LogP contribution is 2.41. The molecule has 0 saturated heterocycles. The van der Waals surface area contributed by atoms with E-state index in [1.807, 2.05) is 36.5 Å². The van der Waals surface area contributed by atoms with Crippen LogP contribution in [0.1, 0.15) is 41.7 Å². The van der Waals surface area contributed by atoms with Gasteiger partial charge >= 0.3 is 0 Å². The molecule has 0 amide bonds. The smallest absolute Gasteiger partial charge is 0.293 e. The summed E-state index contributed by atoms with van der Waals surface area (Å²) in [6.45, 7) is 0.517. The van der Waals surface area contributed by atoms with E-state index in [0.29, 0.717) is 18.8 Å². The number of ether oxygens (including phenoxy) is 1. The molecule has 5 heteroatoms. The lowest BCUT2D eigenvalue weighted by molar-refractivity contribution is -0.133. The zero-order valence-electron chi connectivity index (χ0n) is 12.6. The predicted octanol–water partition coefficient (Wildman–Crippen LogP) is 3.29. The van der Waals surface area contributed by atoms with E-state index in [1.54, 1.807) is 6.20 Å². The Balaban J connectivity index is 1.72. The van der Waals surface area contributed by atoms with E-state index in [-0.39, 0.29) is 6.10 Å². The van der Waals surface area contributed by atoms with Crippen molar-refractivity contribution in [3.05, 3.63) is 59.5 Å². The van der Waals surface area contributed by atoms with E-state index in [9.17, 15) is 4.79 Å². The molecular weight excluding hydrogens is 290 g/mol. The van der Waals surface area contributed by atoms with Crippen molar-refractivity contribution >= 4 is 17.4 Å². The summed E-state index contributed by atoms with van der Waals surface area (Å²) >= 11 is 0. The lowest BCUT2D eigenvalue weighted by Gasteiger charge is -2.17. The Labute approximate surface area is 133 Å². The third-order valence-electron chi connectivity index (χ3n) is 4.37. The van der Waals surface area contributed by atoms with Crippen molar-refractivity contribution in [3.63, 3.8) is 0 Å². The quantitative estimate of drug-likeness (QED) is 0.710. The van der Waals surface area contributed by atoms with Crippen molar-refractivity contribution in [2.75, 3.05) is 0 Å². The third kappa shape index (κ3) is 2.70. The molecule has 0 bridgehead atoms. The minimum atomic E-state index is -0.360. The molecule has 2 aromatic heterocycles. The van der Waals surface area contributed by atoms with Gasteiger partial charge in [-0.1, -0.05) is 24.3 Å². The van der Waals surface area contributed by atoms with Crippen LogP contribution in [0, 0.1) is 0 Å². The van der Waals surface area contributed by atoms with E-state index in [4.69, 9.17) is 4.74 Å². The number of H-pyrrole nitrogens is 1. The molecule has 1 aliphatic rings. The number of benzene rings is 1. The summed E-state index contributed by atoms with van der Waals surface area (Å²) in [5.41, 5.74) is 4.10. The second-order valence-electron chi connectivity index (χ2n) is 5.93. The molecule has 1 fully saturated rings. The highest BCUT2D eigenvalue weighted by Gasteiger charge is 2.29. The molecule has 3 aromatic rings. The molecule has 116 valence electrons. The summed E-state index contributed by atoms with van der Waals surface area (Å²) in [5.74, 6) is 0.579. The van der Waals surface area contributed by atoms with E-state index < -0.39 is 0 Å². The summed E-state index contributed by atoms with van der Waals surface area (Å²) in [4.78, 5) is 15.5. The van der Waals surface area contributed by atoms with Gasteiger partial charge in [-0.05, 0) is 24.5 Å². The number of nitrogens with zero attached hydrogens (tertiary/aromatic N) is 2. The number of aromatic nitrogens is 3. The third-order valence-corrected chi connectivity index (χ3v) is 4.37. The largest absolute Gasteiger partial charge is 0.459 e. The zero-order chi connectivity index (χ0) is 15.6. The fourth-order valence-corrected chi connectivity index (χ4v) is 3.10. The van der Waals surface area contributed by atoms with Gasteiger partial charge in [0.05, 0.1) is 11.7 Å². The topological polar surface area (TPSA) is 67.9 Å². The van der Waals surface area contributed by atoms with E-state index in [0.717, 1.165) is 22.0 Å². The molecular formula is C18H17N3O2. The predicted molar refractivity (Wildman–Crippen MR) is 85.9 cm³/mol. The van der Waals surface area contributed by atoms with Gasteiger partial charge in [0.2, 0.25) is 0 Å². The van der Waals surface area contributed by atoms with Crippen molar-refractivity contribution < 1.29 is 9.53 Å². The summed E-state index contributed by atoms with van der Waals surface area (Å²) < 4.78 is 5.40. The molecule has 1 aliphatic carbocycles. The number of para-hydroxylation sites is 1. The molecule has 23 heavy (non-hydrogen) atoms. The number of carbonyl (C=O) groups excluding carboxylic acids is 1. The minimum absolute atomic E-state index is 0.360. The van der Waals surface area contributed by atoms with Gasteiger partial charge in [-0.25, -0.2) is 0 Å². The van der Waals surface area contributed by atoms with Crippen LogP contribution in [0.5, 0.6) is 0 Å². The minimum Gasteiger partial charge on any atom is -0.459 e. The van der Waals surface area contributed by atoms with Crippen molar-refractivity contribution in [2.45, 2.75) is 31.3 Å². The Morgan fingerprint density at radius 2 is 2.17 bits per heavy atom. The van der Waals surface area contributed by atoms with Crippen molar-refractivity contribution in [3.8, 4) is 0 Å². The lowest BCUT2D eigenvalue weighted by Crippen LogP contribution is -2.09. The van der Waals surface area contributed by atoms with Gasteiger partial charge in [0.15, 0.2) is 0 Å². The Bertz CT molecular complexity index is 834. The SMILES string of the molecule is O=COC(Cc1cn[nH]c1C1CC1)c1cccc2cccnc12. The lowest BCUT2D eigenvalue weighted by atomic mass is 9.98. The monoisotopic (exact) mass is 307 g/mol. The summed E-state index contributed by atoms with van der Waals surface area (Å²) in [6.07, 6.45) is 6.25. The second-order valence-corrected chi connectivity index (χ2v) is 5.93. The Hall–Kier alpha value is -2.69. The van der Waals surface area contributed by atoms with Gasteiger partial charge in [-0.2, -0.15) is 5.10 Å². The van der Waals surface area contributed by atoms with Gasteiger partial charge < -0.3 is 4.74 Å². The molecule has 1 unspecified atom stereocenters.